The maximum Gasteiger partial charge on any atom is 0.343 e. The zero-order chi connectivity index (χ0) is 24.2. The van der Waals surface area contributed by atoms with Crippen LogP contribution >= 0.6 is 0 Å². The molecule has 3 rings (SSSR count). The van der Waals surface area contributed by atoms with Crippen LogP contribution in [0.5, 0.6) is 5.75 Å². The lowest BCUT2D eigenvalue weighted by Crippen LogP contribution is -2.27. The Kier molecular flexibility index (Phi) is 10.5. The molecule has 1 aliphatic heterocycles. The zero-order valence-electron chi connectivity index (χ0n) is 19.9. The summed E-state index contributed by atoms with van der Waals surface area (Å²) in [6.07, 6.45) is 11.2. The van der Waals surface area contributed by atoms with E-state index in [-0.39, 0.29) is 11.3 Å². The van der Waals surface area contributed by atoms with E-state index in [0.717, 1.165) is 18.1 Å². The number of unbranched alkanes of at least 4 members (excludes halogenated alkanes) is 7. The van der Waals surface area contributed by atoms with E-state index in [9.17, 15) is 9.18 Å². The summed E-state index contributed by atoms with van der Waals surface area (Å²) in [5, 5.41) is 8.79. The van der Waals surface area contributed by atoms with Crippen molar-refractivity contribution in [1.82, 2.24) is 0 Å². The molecule has 5 nitrogen and oxygen atoms in total. The largest absolute Gasteiger partial charge is 0.423 e. The van der Waals surface area contributed by atoms with Gasteiger partial charge in [-0.3, -0.25) is 0 Å². The molecule has 6 heteroatoms. The molecule has 1 heterocycles. The number of nitrogens with zero attached hydrogens (tertiary/aromatic N) is 1. The number of benzene rings is 2. The number of ether oxygens (including phenoxy) is 3. The summed E-state index contributed by atoms with van der Waals surface area (Å²) in [6, 6.07) is 12.3. The minimum atomic E-state index is -0.726. The zero-order valence-corrected chi connectivity index (χ0v) is 19.9. The molecule has 0 aromatic heterocycles. The lowest BCUT2D eigenvalue weighted by atomic mass is 10.0. The first-order valence-corrected chi connectivity index (χ1v) is 12.4. The Labute approximate surface area is 201 Å². The Balaban J connectivity index is 1.38. The van der Waals surface area contributed by atoms with Crippen molar-refractivity contribution in [2.24, 2.45) is 5.92 Å². The first-order valence-electron chi connectivity index (χ1n) is 12.4. The van der Waals surface area contributed by atoms with E-state index in [1.807, 2.05) is 0 Å². The summed E-state index contributed by atoms with van der Waals surface area (Å²) < 4.78 is 30.8. The van der Waals surface area contributed by atoms with Gasteiger partial charge >= 0.3 is 5.97 Å². The predicted molar refractivity (Wildman–Crippen MR) is 128 cm³/mol. The van der Waals surface area contributed by atoms with E-state index in [4.69, 9.17) is 19.5 Å². The Morgan fingerprint density at radius 1 is 1.00 bits per heavy atom. The fourth-order valence-electron chi connectivity index (χ4n) is 4.06. The van der Waals surface area contributed by atoms with Gasteiger partial charge in [-0.2, -0.15) is 5.26 Å². The van der Waals surface area contributed by atoms with Gasteiger partial charge in [-0.05, 0) is 30.7 Å². The first kappa shape index (κ1) is 25.9. The van der Waals surface area contributed by atoms with E-state index < -0.39 is 18.1 Å². The second kappa shape index (κ2) is 13.8. The van der Waals surface area contributed by atoms with E-state index >= 15 is 0 Å². The molecule has 0 N–H and O–H groups in total. The molecule has 34 heavy (non-hydrogen) atoms. The van der Waals surface area contributed by atoms with Gasteiger partial charge in [0.15, 0.2) is 6.29 Å². The second-order valence-corrected chi connectivity index (χ2v) is 8.89. The van der Waals surface area contributed by atoms with E-state index in [1.54, 1.807) is 30.3 Å². The van der Waals surface area contributed by atoms with Gasteiger partial charge in [-0.25, -0.2) is 9.18 Å². The molecule has 0 atom stereocenters. The number of halogens is 1. The number of carbonyl (C=O) groups excluding carboxylic acids is 1. The van der Waals surface area contributed by atoms with Crippen molar-refractivity contribution in [2.75, 3.05) is 13.2 Å². The van der Waals surface area contributed by atoms with Crippen LogP contribution in [0.3, 0.4) is 0 Å². The van der Waals surface area contributed by atoms with Crippen LogP contribution in [0.1, 0.15) is 92.5 Å². The maximum atomic E-state index is 13.7. The van der Waals surface area contributed by atoms with Gasteiger partial charge in [0, 0.05) is 17.5 Å². The molecule has 2 aromatic carbocycles. The highest BCUT2D eigenvalue weighted by molar-refractivity contribution is 5.91. The van der Waals surface area contributed by atoms with Gasteiger partial charge in [0.05, 0.1) is 24.3 Å². The van der Waals surface area contributed by atoms with Crippen molar-refractivity contribution in [1.29, 1.82) is 5.26 Å². The van der Waals surface area contributed by atoms with Crippen molar-refractivity contribution in [3.8, 4) is 11.8 Å². The molecule has 1 aliphatic rings. The standard InChI is InChI=1S/C28H34FNO4/c1-2-3-4-5-6-7-8-9-10-21-19-32-28(33-20-21)23-13-11-22(12-14-23)27(31)34-25-16-15-24(18-30)26(29)17-25/h11-17,21,28H,2-10,19-20H2,1H3. The Hall–Kier alpha value is -2.75. The quantitative estimate of drug-likeness (QED) is 0.189. The van der Waals surface area contributed by atoms with Crippen LogP contribution in [0.4, 0.5) is 4.39 Å². The molecule has 0 amide bonds. The lowest BCUT2D eigenvalue weighted by molar-refractivity contribution is -0.206. The van der Waals surface area contributed by atoms with Gasteiger partial charge in [0.1, 0.15) is 17.6 Å². The minimum absolute atomic E-state index is 0.0482. The maximum absolute atomic E-state index is 13.7. The van der Waals surface area contributed by atoms with Crippen LogP contribution in [0.2, 0.25) is 0 Å². The molecule has 0 aliphatic carbocycles. The lowest BCUT2D eigenvalue weighted by Gasteiger charge is -2.29. The topological polar surface area (TPSA) is 68.5 Å². The average molecular weight is 468 g/mol. The van der Waals surface area contributed by atoms with E-state index in [2.05, 4.69) is 6.92 Å². The molecule has 0 unspecified atom stereocenters. The Bertz CT molecular complexity index is 946. The Morgan fingerprint density at radius 2 is 1.65 bits per heavy atom. The van der Waals surface area contributed by atoms with Crippen LogP contribution in [-0.2, 0) is 9.47 Å². The molecule has 0 bridgehead atoms. The average Bonchev–Trinajstić information content (AvgIpc) is 2.86. The van der Waals surface area contributed by atoms with Crippen molar-refractivity contribution >= 4 is 5.97 Å². The van der Waals surface area contributed by atoms with Crippen LogP contribution in [-0.4, -0.2) is 19.2 Å². The van der Waals surface area contributed by atoms with Crippen LogP contribution in [0, 0.1) is 23.1 Å². The Morgan fingerprint density at radius 3 is 2.26 bits per heavy atom. The monoisotopic (exact) mass is 467 g/mol. The highest BCUT2D eigenvalue weighted by Gasteiger charge is 2.23. The molecule has 0 radical (unpaired) electrons. The first-order chi connectivity index (χ1) is 16.6. The van der Waals surface area contributed by atoms with Gasteiger partial charge in [0.25, 0.3) is 0 Å². The number of hydrogen-bond donors (Lipinski definition) is 0. The van der Waals surface area contributed by atoms with Crippen LogP contribution in [0.15, 0.2) is 42.5 Å². The smallest absolute Gasteiger partial charge is 0.343 e. The number of rotatable bonds is 12. The summed E-state index contributed by atoms with van der Waals surface area (Å²) in [7, 11) is 0. The van der Waals surface area contributed by atoms with Crippen molar-refractivity contribution < 1.29 is 23.4 Å². The highest BCUT2D eigenvalue weighted by Crippen LogP contribution is 2.28. The van der Waals surface area contributed by atoms with Crippen molar-refractivity contribution in [3.63, 3.8) is 0 Å². The molecular weight excluding hydrogens is 433 g/mol. The fourth-order valence-corrected chi connectivity index (χ4v) is 4.06. The summed E-state index contributed by atoms with van der Waals surface area (Å²) >= 11 is 0. The van der Waals surface area contributed by atoms with Gasteiger partial charge < -0.3 is 14.2 Å². The van der Waals surface area contributed by atoms with E-state index in [1.165, 1.54) is 63.5 Å². The van der Waals surface area contributed by atoms with Crippen LogP contribution < -0.4 is 4.74 Å². The highest BCUT2D eigenvalue weighted by atomic mass is 19.1. The molecule has 1 saturated heterocycles. The van der Waals surface area contributed by atoms with E-state index in [0.29, 0.717) is 24.7 Å². The summed E-state index contributed by atoms with van der Waals surface area (Å²) in [5.74, 6) is -0.854. The number of carbonyl (C=O) groups is 1. The predicted octanol–water partition coefficient (Wildman–Crippen LogP) is 7.11. The summed E-state index contributed by atoms with van der Waals surface area (Å²) in [6.45, 7) is 3.60. The number of hydrogen-bond acceptors (Lipinski definition) is 5. The van der Waals surface area contributed by atoms with Crippen molar-refractivity contribution in [3.05, 3.63) is 65.0 Å². The van der Waals surface area contributed by atoms with Gasteiger partial charge in [-0.15, -0.1) is 0 Å². The second-order valence-electron chi connectivity index (χ2n) is 8.89. The number of nitriles is 1. The SMILES string of the molecule is CCCCCCCCCCC1COC(c2ccc(C(=O)Oc3ccc(C#N)c(F)c3)cc2)OC1. The normalized spacial score (nSPS) is 17.8. The molecule has 1 fully saturated rings. The van der Waals surface area contributed by atoms with Gasteiger partial charge in [0.2, 0.25) is 0 Å². The molecule has 0 spiro atoms. The fraction of sp³-hybridized carbons (Fsp3) is 0.500. The third-order valence-electron chi connectivity index (χ3n) is 6.12. The summed E-state index contributed by atoms with van der Waals surface area (Å²) in [4.78, 5) is 12.4. The third kappa shape index (κ3) is 7.93. The van der Waals surface area contributed by atoms with Gasteiger partial charge in [-0.1, -0.05) is 70.4 Å². The number of esters is 1. The third-order valence-corrected chi connectivity index (χ3v) is 6.12. The van der Waals surface area contributed by atoms with Crippen LogP contribution in [0.25, 0.3) is 0 Å². The van der Waals surface area contributed by atoms with Crippen molar-refractivity contribution in [2.45, 2.75) is 71.0 Å². The molecule has 0 saturated carbocycles. The minimum Gasteiger partial charge on any atom is -0.423 e. The summed E-state index contributed by atoms with van der Waals surface area (Å²) in [5.41, 5.74) is 1.07. The molecule has 2 aromatic rings. The molecular formula is C28H34FNO4. The molecule has 182 valence electrons.